The number of carbonyl (C=O) groups is 2. The summed E-state index contributed by atoms with van der Waals surface area (Å²) in [5.41, 5.74) is 4.89. The van der Waals surface area contributed by atoms with E-state index >= 15 is 0 Å². The number of benzene rings is 3. The molecule has 0 spiro atoms. The molecule has 1 heterocycles. The molecule has 1 amide bonds. The number of carboxylic acid groups (broad SMARTS) is 1. The van der Waals surface area contributed by atoms with E-state index in [0.29, 0.717) is 11.5 Å². The molecular formula is C37H48N2O4. The summed E-state index contributed by atoms with van der Waals surface area (Å²) >= 11 is 0. The SMILES string of the molecule is CCCCCCCOc1ccc(C2CCN(c3ccc(CC(NC(=O)c4ccc(C(C)(C)C)cc4)C(=O)O)cc3)C2)cc1. The van der Waals surface area contributed by atoms with Crippen LogP contribution in [-0.4, -0.2) is 42.7 Å². The van der Waals surface area contributed by atoms with Gasteiger partial charge in [-0.05, 0) is 71.3 Å². The quantitative estimate of drug-likeness (QED) is 0.189. The third kappa shape index (κ3) is 9.34. The van der Waals surface area contributed by atoms with E-state index in [1.165, 1.54) is 31.2 Å². The average Bonchev–Trinajstić information content (AvgIpc) is 3.49. The summed E-state index contributed by atoms with van der Waals surface area (Å²) in [4.78, 5) is 27.2. The van der Waals surface area contributed by atoms with Crippen molar-refractivity contribution in [3.8, 4) is 5.75 Å². The zero-order valence-electron chi connectivity index (χ0n) is 26.3. The fourth-order valence-corrected chi connectivity index (χ4v) is 5.64. The third-order valence-electron chi connectivity index (χ3n) is 8.41. The summed E-state index contributed by atoms with van der Waals surface area (Å²) in [5, 5.41) is 12.5. The highest BCUT2D eigenvalue weighted by atomic mass is 16.5. The molecule has 0 saturated carbocycles. The molecule has 0 bridgehead atoms. The predicted molar refractivity (Wildman–Crippen MR) is 174 cm³/mol. The lowest BCUT2D eigenvalue weighted by Gasteiger charge is -2.20. The molecule has 4 rings (SSSR count). The van der Waals surface area contributed by atoms with Gasteiger partial charge in [-0.2, -0.15) is 0 Å². The van der Waals surface area contributed by atoms with Crippen molar-refractivity contribution < 1.29 is 19.4 Å². The molecule has 6 heteroatoms. The summed E-state index contributed by atoms with van der Waals surface area (Å²) in [6, 6.07) is 23.0. The van der Waals surface area contributed by atoms with E-state index in [-0.39, 0.29) is 17.7 Å². The Morgan fingerprint density at radius 1 is 0.930 bits per heavy atom. The molecule has 2 N–H and O–H groups in total. The molecule has 1 fully saturated rings. The van der Waals surface area contributed by atoms with Crippen LogP contribution < -0.4 is 15.0 Å². The van der Waals surface area contributed by atoms with Gasteiger partial charge in [-0.3, -0.25) is 4.79 Å². The topological polar surface area (TPSA) is 78.9 Å². The molecule has 0 aromatic heterocycles. The van der Waals surface area contributed by atoms with Gasteiger partial charge in [0, 0.05) is 36.7 Å². The number of nitrogens with one attached hydrogen (secondary N) is 1. The van der Waals surface area contributed by atoms with Gasteiger partial charge < -0.3 is 20.1 Å². The highest BCUT2D eigenvalue weighted by molar-refractivity contribution is 5.96. The minimum absolute atomic E-state index is 0.0194. The van der Waals surface area contributed by atoms with Crippen LogP contribution in [0, 0.1) is 0 Å². The van der Waals surface area contributed by atoms with Gasteiger partial charge in [0.25, 0.3) is 5.91 Å². The van der Waals surface area contributed by atoms with E-state index < -0.39 is 12.0 Å². The molecule has 6 nitrogen and oxygen atoms in total. The molecule has 1 saturated heterocycles. The van der Waals surface area contributed by atoms with E-state index in [1.54, 1.807) is 12.1 Å². The number of hydrogen-bond donors (Lipinski definition) is 2. The molecule has 3 aromatic rings. The first kappa shape index (κ1) is 32.1. The van der Waals surface area contributed by atoms with Gasteiger partial charge in [0.05, 0.1) is 6.61 Å². The number of carboxylic acids is 1. The maximum atomic E-state index is 12.8. The van der Waals surface area contributed by atoms with Crippen molar-refractivity contribution in [2.24, 2.45) is 0 Å². The Kier molecular flexibility index (Phi) is 11.3. The van der Waals surface area contributed by atoms with Crippen molar-refractivity contribution in [2.45, 2.75) is 90.0 Å². The number of anilines is 1. The standard InChI is InChI=1S/C37H48N2O4/c1-5-6-7-8-9-24-43-33-20-14-28(15-21-33)30-22-23-39(26-30)32-18-10-27(11-19-32)25-34(36(41)42)38-35(40)29-12-16-31(17-13-29)37(2,3)4/h10-21,30,34H,5-9,22-26H2,1-4H3,(H,38,40)(H,41,42). The number of carbonyl (C=O) groups excluding carboxylic acids is 1. The van der Waals surface area contributed by atoms with Crippen molar-refractivity contribution in [2.75, 3.05) is 24.6 Å². The first-order chi connectivity index (χ1) is 20.6. The second-order valence-corrected chi connectivity index (χ2v) is 12.8. The molecule has 0 radical (unpaired) electrons. The number of unbranched alkanes of at least 4 members (excludes halogenated alkanes) is 4. The summed E-state index contributed by atoms with van der Waals surface area (Å²) in [5.74, 6) is -0.0186. The first-order valence-electron chi connectivity index (χ1n) is 15.8. The monoisotopic (exact) mass is 584 g/mol. The number of rotatable bonds is 14. The van der Waals surface area contributed by atoms with Crippen molar-refractivity contribution in [1.29, 1.82) is 0 Å². The first-order valence-corrected chi connectivity index (χ1v) is 15.8. The normalized spacial score (nSPS) is 15.7. The fourth-order valence-electron chi connectivity index (χ4n) is 5.64. The Hall–Kier alpha value is -3.80. The highest BCUT2D eigenvalue weighted by Crippen LogP contribution is 2.32. The average molecular weight is 585 g/mol. The molecular weight excluding hydrogens is 536 g/mol. The summed E-state index contributed by atoms with van der Waals surface area (Å²) in [6.07, 6.45) is 7.49. The van der Waals surface area contributed by atoms with E-state index in [9.17, 15) is 14.7 Å². The molecule has 0 aliphatic carbocycles. The predicted octanol–water partition coefficient (Wildman–Crippen LogP) is 7.75. The van der Waals surface area contributed by atoms with Crippen LogP contribution >= 0.6 is 0 Å². The van der Waals surface area contributed by atoms with E-state index in [2.05, 4.69) is 74.3 Å². The van der Waals surface area contributed by atoms with Crippen LogP contribution in [0.5, 0.6) is 5.75 Å². The third-order valence-corrected chi connectivity index (χ3v) is 8.41. The maximum absolute atomic E-state index is 12.8. The van der Waals surface area contributed by atoms with Gasteiger partial charge in [-0.25, -0.2) is 4.79 Å². The highest BCUT2D eigenvalue weighted by Gasteiger charge is 2.25. The van der Waals surface area contributed by atoms with Gasteiger partial charge in [0.15, 0.2) is 0 Å². The zero-order chi connectivity index (χ0) is 30.8. The summed E-state index contributed by atoms with van der Waals surface area (Å²) in [6.45, 7) is 11.3. The Labute approximate surface area is 257 Å². The minimum atomic E-state index is -1.05. The van der Waals surface area contributed by atoms with Crippen molar-refractivity contribution in [3.05, 3.63) is 95.1 Å². The minimum Gasteiger partial charge on any atom is -0.494 e. The number of ether oxygens (including phenoxy) is 1. The summed E-state index contributed by atoms with van der Waals surface area (Å²) < 4.78 is 5.94. The molecule has 2 atom stereocenters. The van der Waals surface area contributed by atoms with E-state index in [1.807, 2.05) is 24.3 Å². The molecule has 1 aliphatic heterocycles. The van der Waals surface area contributed by atoms with Crippen molar-refractivity contribution in [3.63, 3.8) is 0 Å². The molecule has 230 valence electrons. The second kappa shape index (κ2) is 15.1. The Balaban J connectivity index is 1.27. The zero-order valence-corrected chi connectivity index (χ0v) is 26.3. The van der Waals surface area contributed by atoms with Gasteiger partial charge in [0.1, 0.15) is 11.8 Å². The van der Waals surface area contributed by atoms with Crippen LogP contribution in [0.4, 0.5) is 5.69 Å². The van der Waals surface area contributed by atoms with Crippen LogP contribution in [0.1, 0.15) is 99.2 Å². The molecule has 1 aliphatic rings. The number of amides is 1. The molecule has 43 heavy (non-hydrogen) atoms. The Morgan fingerprint density at radius 3 is 2.23 bits per heavy atom. The van der Waals surface area contributed by atoms with Crippen molar-refractivity contribution in [1.82, 2.24) is 5.32 Å². The van der Waals surface area contributed by atoms with Gasteiger partial charge in [-0.15, -0.1) is 0 Å². The van der Waals surface area contributed by atoms with Crippen LogP contribution in [-0.2, 0) is 16.6 Å². The largest absolute Gasteiger partial charge is 0.494 e. The van der Waals surface area contributed by atoms with E-state index in [4.69, 9.17) is 4.74 Å². The van der Waals surface area contributed by atoms with E-state index in [0.717, 1.165) is 55.1 Å². The molecule has 3 aromatic carbocycles. The smallest absolute Gasteiger partial charge is 0.326 e. The number of aliphatic carboxylic acids is 1. The fraction of sp³-hybridized carbons (Fsp3) is 0.459. The lowest BCUT2D eigenvalue weighted by Crippen LogP contribution is -2.42. The number of hydrogen-bond acceptors (Lipinski definition) is 4. The van der Waals surface area contributed by atoms with Crippen LogP contribution in [0.15, 0.2) is 72.8 Å². The maximum Gasteiger partial charge on any atom is 0.326 e. The lowest BCUT2D eigenvalue weighted by atomic mass is 9.86. The van der Waals surface area contributed by atoms with Gasteiger partial charge in [0.2, 0.25) is 0 Å². The van der Waals surface area contributed by atoms with Gasteiger partial charge in [-0.1, -0.05) is 89.8 Å². The van der Waals surface area contributed by atoms with Crippen molar-refractivity contribution >= 4 is 17.6 Å². The van der Waals surface area contributed by atoms with Crippen LogP contribution in [0.2, 0.25) is 0 Å². The van der Waals surface area contributed by atoms with Crippen LogP contribution in [0.3, 0.4) is 0 Å². The molecule has 2 unspecified atom stereocenters. The Morgan fingerprint density at radius 2 is 1.60 bits per heavy atom. The van der Waals surface area contributed by atoms with Crippen LogP contribution in [0.25, 0.3) is 0 Å². The second-order valence-electron chi connectivity index (χ2n) is 12.8. The van der Waals surface area contributed by atoms with Gasteiger partial charge >= 0.3 is 5.97 Å². The number of nitrogens with zero attached hydrogens (tertiary/aromatic N) is 1. The Bertz CT molecular complexity index is 1310. The summed E-state index contributed by atoms with van der Waals surface area (Å²) in [7, 11) is 0. The lowest BCUT2D eigenvalue weighted by molar-refractivity contribution is -0.139.